The number of benzene rings is 1. The normalized spacial score (nSPS) is 22.3. The number of nitrogens with zero attached hydrogens (tertiary/aromatic N) is 3. The van der Waals surface area contributed by atoms with Gasteiger partial charge in [0.05, 0.1) is 18.9 Å². The molecule has 3 heterocycles. The summed E-state index contributed by atoms with van der Waals surface area (Å²) in [5, 5.41) is 0.896. The highest BCUT2D eigenvalue weighted by atomic mass is 32.2. The quantitative estimate of drug-likeness (QED) is 0.428. The second kappa shape index (κ2) is 11.1. The third-order valence-electron chi connectivity index (χ3n) is 6.09. The van der Waals surface area contributed by atoms with Crippen molar-refractivity contribution in [2.24, 2.45) is 0 Å². The molecule has 0 amide bonds. The van der Waals surface area contributed by atoms with Crippen LogP contribution in [0.2, 0.25) is 0 Å². The van der Waals surface area contributed by atoms with Gasteiger partial charge in [-0.15, -0.1) is 0 Å². The van der Waals surface area contributed by atoms with Crippen LogP contribution in [0.15, 0.2) is 41.7 Å². The van der Waals surface area contributed by atoms with Crippen molar-refractivity contribution >= 4 is 17.8 Å². The highest BCUT2D eigenvalue weighted by Gasteiger charge is 2.24. The zero-order valence-electron chi connectivity index (χ0n) is 18.6. The van der Waals surface area contributed by atoms with E-state index in [9.17, 15) is 0 Å². The zero-order chi connectivity index (χ0) is 21.5. The molecule has 2 atom stereocenters. The zero-order valence-corrected chi connectivity index (χ0v) is 19.4. The van der Waals surface area contributed by atoms with Crippen LogP contribution in [0, 0.1) is 6.92 Å². The Bertz CT molecular complexity index is 866. The van der Waals surface area contributed by atoms with E-state index in [1.54, 1.807) is 18.9 Å². The van der Waals surface area contributed by atoms with Crippen molar-refractivity contribution in [2.75, 3.05) is 39.1 Å². The van der Waals surface area contributed by atoms with Crippen molar-refractivity contribution in [2.45, 2.75) is 49.8 Å². The molecule has 4 rings (SSSR count). The minimum absolute atomic E-state index is 0.362. The fourth-order valence-corrected chi connectivity index (χ4v) is 5.25. The second-order valence-corrected chi connectivity index (χ2v) is 9.43. The molecule has 0 bridgehead atoms. The molecule has 2 aliphatic rings. The van der Waals surface area contributed by atoms with E-state index < -0.39 is 0 Å². The number of hydrogen-bond acceptors (Lipinski definition) is 6. The van der Waals surface area contributed by atoms with Gasteiger partial charge in [-0.3, -0.25) is 4.90 Å². The number of methoxy groups -OCH3 is 1. The summed E-state index contributed by atoms with van der Waals surface area (Å²) in [5.41, 5.74) is 3.64. The van der Waals surface area contributed by atoms with E-state index in [0.717, 1.165) is 49.3 Å². The molecule has 1 aromatic heterocycles. The molecule has 2 aromatic rings. The van der Waals surface area contributed by atoms with Gasteiger partial charge < -0.3 is 9.47 Å². The smallest absolute Gasteiger partial charge is 0.187 e. The van der Waals surface area contributed by atoms with Crippen LogP contribution in [-0.2, 0) is 4.74 Å². The molecule has 5 nitrogen and oxygen atoms in total. The van der Waals surface area contributed by atoms with Crippen LogP contribution in [0.5, 0.6) is 5.75 Å². The maximum Gasteiger partial charge on any atom is 0.187 e. The molecule has 1 aromatic carbocycles. The van der Waals surface area contributed by atoms with E-state index >= 15 is 0 Å². The fourth-order valence-electron chi connectivity index (χ4n) is 4.36. The molecule has 0 saturated carbocycles. The first-order chi connectivity index (χ1) is 15.2. The molecule has 0 radical (unpaired) electrons. The molecule has 2 fully saturated rings. The van der Waals surface area contributed by atoms with Crippen molar-refractivity contribution < 1.29 is 9.47 Å². The predicted molar refractivity (Wildman–Crippen MR) is 127 cm³/mol. The molecule has 2 saturated heterocycles. The lowest BCUT2D eigenvalue weighted by atomic mass is 9.92. The monoisotopic (exact) mass is 439 g/mol. The largest absolute Gasteiger partial charge is 0.497 e. The van der Waals surface area contributed by atoms with E-state index in [2.05, 4.69) is 41.1 Å². The van der Waals surface area contributed by atoms with E-state index in [4.69, 9.17) is 14.5 Å². The van der Waals surface area contributed by atoms with Crippen LogP contribution in [0.1, 0.15) is 48.4 Å². The lowest BCUT2D eigenvalue weighted by molar-refractivity contribution is 0.129. The number of hydrogen-bond donors (Lipinski definition) is 0. The van der Waals surface area contributed by atoms with Gasteiger partial charge in [0.2, 0.25) is 0 Å². The number of thioether (sulfide) groups is 1. The van der Waals surface area contributed by atoms with Crippen LogP contribution >= 0.6 is 11.8 Å². The molecular formula is C25H33N3O2S. The summed E-state index contributed by atoms with van der Waals surface area (Å²) in [6.45, 7) is 6.21. The molecule has 0 unspecified atom stereocenters. The molecule has 6 heteroatoms. The number of ether oxygens (including phenoxy) is 2. The maximum absolute atomic E-state index is 5.74. The van der Waals surface area contributed by atoms with Crippen molar-refractivity contribution in [1.29, 1.82) is 0 Å². The summed E-state index contributed by atoms with van der Waals surface area (Å²) < 4.78 is 11.0. The number of aryl methyl sites for hydroxylation is 1. The number of piperidine rings is 1. The van der Waals surface area contributed by atoms with Crippen LogP contribution in [0.25, 0.3) is 6.08 Å². The Balaban J connectivity index is 1.33. The van der Waals surface area contributed by atoms with Gasteiger partial charge in [0, 0.05) is 37.6 Å². The molecular weight excluding hydrogens is 406 g/mol. The van der Waals surface area contributed by atoms with Gasteiger partial charge >= 0.3 is 0 Å². The summed E-state index contributed by atoms with van der Waals surface area (Å²) in [4.78, 5) is 12.1. The number of rotatable bonds is 8. The molecule has 2 aliphatic heterocycles. The summed E-state index contributed by atoms with van der Waals surface area (Å²) in [6.07, 6.45) is 11.6. The van der Waals surface area contributed by atoms with Gasteiger partial charge in [-0.2, -0.15) is 0 Å². The topological polar surface area (TPSA) is 47.5 Å². The van der Waals surface area contributed by atoms with Gasteiger partial charge in [0.1, 0.15) is 5.75 Å². The Morgan fingerprint density at radius 1 is 1.23 bits per heavy atom. The molecule has 166 valence electrons. The molecule has 0 N–H and O–H groups in total. The SMILES string of the molecule is COc1ccc(/C=C/CN2CCC[C@H](c3nc(SC[C@@H]4CCCO4)ncc3C)C2)cc1. The maximum atomic E-state index is 5.74. The second-order valence-electron chi connectivity index (χ2n) is 8.44. The van der Waals surface area contributed by atoms with Gasteiger partial charge in [-0.05, 0) is 62.4 Å². The lowest BCUT2D eigenvalue weighted by Crippen LogP contribution is -2.35. The molecule has 0 spiro atoms. The number of likely N-dealkylation sites (tertiary alicyclic amines) is 1. The standard InChI is InChI=1S/C25H33N3O2S/c1-19-16-26-25(31-18-23-8-5-15-30-23)27-24(19)21-7-4-14-28(17-21)13-3-6-20-9-11-22(29-2)12-10-20/h3,6,9-12,16,21,23H,4-5,7-8,13-15,17-18H2,1-2H3/b6-3+/t21-,23-/m0/s1. The van der Waals surface area contributed by atoms with E-state index in [1.165, 1.54) is 36.1 Å². The Labute approximate surface area is 190 Å². The fraction of sp³-hybridized carbons (Fsp3) is 0.520. The number of aromatic nitrogens is 2. The van der Waals surface area contributed by atoms with Gasteiger partial charge in [0.25, 0.3) is 0 Å². The van der Waals surface area contributed by atoms with Crippen LogP contribution in [-0.4, -0.2) is 60.1 Å². The average Bonchev–Trinajstić information content (AvgIpc) is 3.33. The van der Waals surface area contributed by atoms with E-state index in [0.29, 0.717) is 12.0 Å². The minimum Gasteiger partial charge on any atom is -0.497 e. The van der Waals surface area contributed by atoms with E-state index in [-0.39, 0.29) is 0 Å². The van der Waals surface area contributed by atoms with Crippen molar-refractivity contribution in [3.63, 3.8) is 0 Å². The Kier molecular flexibility index (Phi) is 8.00. The Hall–Kier alpha value is -1.89. The van der Waals surface area contributed by atoms with Gasteiger partial charge in [-0.25, -0.2) is 9.97 Å². The first kappa shape index (κ1) is 22.3. The van der Waals surface area contributed by atoms with Crippen LogP contribution in [0.3, 0.4) is 0 Å². The van der Waals surface area contributed by atoms with Crippen LogP contribution < -0.4 is 4.74 Å². The molecule has 0 aliphatic carbocycles. The third kappa shape index (κ3) is 6.31. The average molecular weight is 440 g/mol. The van der Waals surface area contributed by atoms with Crippen LogP contribution in [0.4, 0.5) is 0 Å². The first-order valence-electron chi connectivity index (χ1n) is 11.3. The predicted octanol–water partition coefficient (Wildman–Crippen LogP) is 4.96. The third-order valence-corrected chi connectivity index (χ3v) is 7.09. The Morgan fingerprint density at radius 3 is 2.87 bits per heavy atom. The van der Waals surface area contributed by atoms with Gasteiger partial charge in [0.15, 0.2) is 5.16 Å². The summed E-state index contributed by atoms with van der Waals surface area (Å²) in [5.74, 6) is 2.33. The highest BCUT2D eigenvalue weighted by Crippen LogP contribution is 2.29. The van der Waals surface area contributed by atoms with Crippen molar-refractivity contribution in [3.05, 3.63) is 53.4 Å². The lowest BCUT2D eigenvalue weighted by Gasteiger charge is -2.32. The van der Waals surface area contributed by atoms with Crippen molar-refractivity contribution in [1.82, 2.24) is 14.9 Å². The van der Waals surface area contributed by atoms with Crippen molar-refractivity contribution in [3.8, 4) is 5.75 Å². The summed E-state index contributed by atoms with van der Waals surface area (Å²) >= 11 is 1.74. The minimum atomic E-state index is 0.362. The Morgan fingerprint density at radius 2 is 2.10 bits per heavy atom. The summed E-state index contributed by atoms with van der Waals surface area (Å²) in [7, 11) is 1.70. The molecule has 31 heavy (non-hydrogen) atoms. The summed E-state index contributed by atoms with van der Waals surface area (Å²) in [6, 6.07) is 8.19. The highest BCUT2D eigenvalue weighted by molar-refractivity contribution is 7.99. The van der Waals surface area contributed by atoms with Gasteiger partial charge in [-0.1, -0.05) is 36.0 Å². The first-order valence-corrected chi connectivity index (χ1v) is 12.3. The van der Waals surface area contributed by atoms with E-state index in [1.807, 2.05) is 18.3 Å².